The van der Waals surface area contributed by atoms with Crippen molar-refractivity contribution in [2.75, 3.05) is 11.4 Å². The highest BCUT2D eigenvalue weighted by atomic mass is 16.4. The first-order chi connectivity index (χ1) is 23.2. The zero-order valence-electron chi connectivity index (χ0n) is 27.8. The lowest BCUT2D eigenvalue weighted by molar-refractivity contribution is -0.138. The Hall–Kier alpha value is -4.73. The fourth-order valence-electron chi connectivity index (χ4n) is 6.40. The van der Waals surface area contributed by atoms with Gasteiger partial charge in [-0.1, -0.05) is 61.0 Å². The van der Waals surface area contributed by atoms with Gasteiger partial charge in [0.2, 0.25) is 0 Å². The molecule has 252 valence electrons. The van der Waals surface area contributed by atoms with Crippen LogP contribution >= 0.6 is 0 Å². The van der Waals surface area contributed by atoms with Gasteiger partial charge in [0.25, 0.3) is 0 Å². The van der Waals surface area contributed by atoms with Crippen LogP contribution in [0.3, 0.4) is 0 Å². The van der Waals surface area contributed by atoms with Crippen molar-refractivity contribution in [2.24, 2.45) is 11.5 Å². The number of nitrogens with zero attached hydrogens (tertiary/aromatic N) is 3. The van der Waals surface area contributed by atoms with Crippen molar-refractivity contribution in [2.45, 2.75) is 83.0 Å². The van der Waals surface area contributed by atoms with Crippen LogP contribution < -0.4 is 16.4 Å². The molecule has 1 aliphatic carbocycles. The molecule has 1 unspecified atom stereocenters. The number of fused-ring (bicyclic) bond motifs is 1. The van der Waals surface area contributed by atoms with E-state index in [4.69, 9.17) is 21.7 Å². The topological polar surface area (TPSA) is 148 Å². The Morgan fingerprint density at radius 1 is 0.979 bits per heavy atom. The number of benzene rings is 3. The molecular formula is C39H47N5O4. The van der Waals surface area contributed by atoms with Crippen LogP contribution in [0.25, 0.3) is 17.2 Å². The molecule has 2 aliphatic rings. The number of aromatic nitrogens is 2. The van der Waals surface area contributed by atoms with Gasteiger partial charge in [0.15, 0.2) is 0 Å². The second-order valence-corrected chi connectivity index (χ2v) is 12.8. The van der Waals surface area contributed by atoms with Gasteiger partial charge in [-0.2, -0.15) is 5.10 Å². The summed E-state index contributed by atoms with van der Waals surface area (Å²) in [6.07, 6.45) is 12.6. The van der Waals surface area contributed by atoms with Crippen molar-refractivity contribution in [1.82, 2.24) is 9.78 Å². The molecule has 1 aliphatic heterocycles. The fraction of sp³-hybridized carbons (Fsp3) is 0.359. The summed E-state index contributed by atoms with van der Waals surface area (Å²) in [5.74, 6) is -1.14. The summed E-state index contributed by atoms with van der Waals surface area (Å²) in [6.45, 7) is 5.88. The standard InChI is InChI=1S/C33H33N3O2.C6H14N2O2/c1-3-35-21-29(20-34-35)27-13-16-31-28(19-27)18-22(2)36(30-14-11-25(12-15-30)24-9-10-24)33(31)26-7-4-23(5-8-26)6-17-32(37)38;7-4-2-1-3-5(8)6(9)10/h4-8,11-17,19-22,24,33H,3,9-10,18H2,1-2H3,(H,37,38);5H,1-4,7-8H2,(H,9,10)/b17-6+;/t22-,33-;/m1./s1. The molecule has 4 aromatic rings. The predicted molar refractivity (Wildman–Crippen MR) is 191 cm³/mol. The maximum atomic E-state index is 11.0. The quantitative estimate of drug-likeness (QED) is 0.0990. The number of carboxylic acids is 2. The minimum absolute atomic E-state index is 0.0606. The smallest absolute Gasteiger partial charge is 0.328 e. The normalized spacial score (nSPS) is 17.8. The van der Waals surface area contributed by atoms with Crippen LogP contribution in [0.15, 0.2) is 85.2 Å². The van der Waals surface area contributed by atoms with Crippen LogP contribution in [0.1, 0.15) is 85.7 Å². The van der Waals surface area contributed by atoms with Gasteiger partial charge in [-0.3, -0.25) is 9.48 Å². The van der Waals surface area contributed by atoms with Gasteiger partial charge in [-0.15, -0.1) is 0 Å². The van der Waals surface area contributed by atoms with Gasteiger partial charge in [0, 0.05) is 36.1 Å². The third-order valence-electron chi connectivity index (χ3n) is 9.19. The minimum atomic E-state index is -0.940. The number of aryl methyl sites for hydroxylation is 1. The van der Waals surface area contributed by atoms with Crippen LogP contribution in [-0.4, -0.2) is 50.6 Å². The second kappa shape index (κ2) is 15.9. The Morgan fingerprint density at radius 3 is 2.29 bits per heavy atom. The average molecular weight is 650 g/mol. The van der Waals surface area contributed by atoms with Crippen LogP contribution in [0.4, 0.5) is 5.69 Å². The van der Waals surface area contributed by atoms with Gasteiger partial charge in [-0.25, -0.2) is 4.79 Å². The van der Waals surface area contributed by atoms with Crippen LogP contribution in [0, 0.1) is 0 Å². The number of unbranched alkanes of at least 4 members (excludes halogenated alkanes) is 1. The molecule has 1 aromatic heterocycles. The molecule has 0 spiro atoms. The first-order valence-electron chi connectivity index (χ1n) is 16.9. The van der Waals surface area contributed by atoms with Gasteiger partial charge in [0.05, 0.1) is 12.2 Å². The number of carboxylic acid groups (broad SMARTS) is 2. The molecule has 0 bridgehead atoms. The number of carbonyl (C=O) groups is 2. The molecule has 0 amide bonds. The van der Waals surface area contributed by atoms with Gasteiger partial charge < -0.3 is 26.6 Å². The Balaban J connectivity index is 0.000000393. The second-order valence-electron chi connectivity index (χ2n) is 12.8. The number of nitrogens with two attached hydrogens (primary N) is 2. The van der Waals surface area contributed by atoms with E-state index >= 15 is 0 Å². The van der Waals surface area contributed by atoms with Gasteiger partial charge >= 0.3 is 11.9 Å². The summed E-state index contributed by atoms with van der Waals surface area (Å²) >= 11 is 0. The molecule has 0 saturated heterocycles. The van der Waals surface area contributed by atoms with E-state index in [0.717, 1.165) is 42.9 Å². The van der Waals surface area contributed by atoms with E-state index in [-0.39, 0.29) is 6.04 Å². The maximum absolute atomic E-state index is 11.0. The average Bonchev–Trinajstić information content (AvgIpc) is 3.83. The van der Waals surface area contributed by atoms with Crippen molar-refractivity contribution in [3.63, 3.8) is 0 Å². The first-order valence-corrected chi connectivity index (χ1v) is 16.9. The Kier molecular flexibility index (Phi) is 11.5. The largest absolute Gasteiger partial charge is 0.480 e. The molecule has 1 saturated carbocycles. The third kappa shape index (κ3) is 8.59. The summed E-state index contributed by atoms with van der Waals surface area (Å²) in [5, 5.41) is 21.8. The Bertz CT molecular complexity index is 1710. The third-order valence-corrected chi connectivity index (χ3v) is 9.19. The van der Waals surface area contributed by atoms with E-state index in [0.29, 0.717) is 19.0 Å². The molecule has 9 nitrogen and oxygen atoms in total. The molecule has 48 heavy (non-hydrogen) atoms. The number of anilines is 1. The number of aliphatic carboxylic acids is 2. The summed E-state index contributed by atoms with van der Waals surface area (Å²) in [7, 11) is 0. The van der Waals surface area contributed by atoms with Crippen LogP contribution in [-0.2, 0) is 22.6 Å². The molecule has 6 N–H and O–H groups in total. The van der Waals surface area contributed by atoms with Gasteiger partial charge in [-0.05, 0) is 110 Å². The lowest BCUT2D eigenvalue weighted by Crippen LogP contribution is -2.42. The zero-order valence-corrected chi connectivity index (χ0v) is 27.8. The molecular weight excluding hydrogens is 602 g/mol. The summed E-state index contributed by atoms with van der Waals surface area (Å²) in [4.78, 5) is 23.7. The van der Waals surface area contributed by atoms with E-state index in [9.17, 15) is 9.59 Å². The lowest BCUT2D eigenvalue weighted by atomic mass is 9.83. The number of hydrogen-bond donors (Lipinski definition) is 4. The molecule has 2 heterocycles. The fourth-order valence-corrected chi connectivity index (χ4v) is 6.40. The molecule has 1 fully saturated rings. The van der Waals surface area contributed by atoms with Gasteiger partial charge in [0.1, 0.15) is 6.04 Å². The summed E-state index contributed by atoms with van der Waals surface area (Å²) in [5.41, 5.74) is 20.2. The van der Waals surface area contributed by atoms with E-state index in [1.807, 2.05) is 23.0 Å². The molecule has 9 heteroatoms. The van der Waals surface area contributed by atoms with Crippen molar-refractivity contribution in [3.05, 3.63) is 113 Å². The Labute approximate surface area is 282 Å². The summed E-state index contributed by atoms with van der Waals surface area (Å²) < 4.78 is 1.97. The Morgan fingerprint density at radius 2 is 1.69 bits per heavy atom. The van der Waals surface area contributed by atoms with E-state index in [2.05, 4.69) is 84.6 Å². The molecule has 3 atom stereocenters. The van der Waals surface area contributed by atoms with Crippen molar-refractivity contribution < 1.29 is 19.8 Å². The maximum Gasteiger partial charge on any atom is 0.328 e. The molecule has 3 aromatic carbocycles. The van der Waals surface area contributed by atoms with E-state index < -0.39 is 18.0 Å². The van der Waals surface area contributed by atoms with E-state index in [1.54, 1.807) is 6.08 Å². The highest BCUT2D eigenvalue weighted by Crippen LogP contribution is 2.44. The number of rotatable bonds is 12. The van der Waals surface area contributed by atoms with Crippen molar-refractivity contribution >= 4 is 23.7 Å². The highest BCUT2D eigenvalue weighted by Gasteiger charge is 2.34. The SMILES string of the molecule is CCn1cc(-c2ccc3c(c2)C[C@@H](C)N(c2ccc(C4CC4)cc2)[C@@H]3c2ccc(/C=C/C(=O)O)cc2)cn1.NCCCCC(N)C(=O)O. The predicted octanol–water partition coefficient (Wildman–Crippen LogP) is 6.61. The zero-order chi connectivity index (χ0) is 34.2. The minimum Gasteiger partial charge on any atom is -0.480 e. The molecule has 0 radical (unpaired) electrons. The first kappa shape index (κ1) is 34.6. The van der Waals surface area contributed by atoms with Crippen molar-refractivity contribution in [1.29, 1.82) is 0 Å². The summed E-state index contributed by atoms with van der Waals surface area (Å²) in [6, 6.07) is 24.0. The van der Waals surface area contributed by atoms with Crippen LogP contribution in [0.5, 0.6) is 0 Å². The van der Waals surface area contributed by atoms with E-state index in [1.165, 1.54) is 52.4 Å². The lowest BCUT2D eigenvalue weighted by Gasteiger charge is -2.44. The highest BCUT2D eigenvalue weighted by molar-refractivity contribution is 5.85. The number of hydrogen-bond acceptors (Lipinski definition) is 6. The monoisotopic (exact) mass is 649 g/mol. The molecule has 6 rings (SSSR count). The van der Waals surface area contributed by atoms with Crippen LogP contribution in [0.2, 0.25) is 0 Å². The van der Waals surface area contributed by atoms with Crippen molar-refractivity contribution in [3.8, 4) is 11.1 Å².